The summed E-state index contributed by atoms with van der Waals surface area (Å²) in [5.41, 5.74) is 5.32. The van der Waals surface area contributed by atoms with Crippen molar-refractivity contribution >= 4 is 34.1 Å². The minimum atomic E-state index is 0.562. The standard InChI is InChI=1S/C24H20ClN5O2/c1-14-23(32-13-27-14)16-8-10-21(26-12-16)28-18-5-4-6-19-22(18)29-24(30(19)2)15-7-9-17(25)20(11-15)31-3/h4-13H,1-3H3,(H,26,28). The van der Waals surface area contributed by atoms with Crippen LogP contribution in [0.2, 0.25) is 5.02 Å². The first kappa shape index (κ1) is 20.1. The van der Waals surface area contributed by atoms with Gasteiger partial charge in [0, 0.05) is 24.4 Å². The van der Waals surface area contributed by atoms with Crippen LogP contribution >= 0.6 is 11.6 Å². The predicted octanol–water partition coefficient (Wildman–Crippen LogP) is 6.00. The predicted molar refractivity (Wildman–Crippen MR) is 125 cm³/mol. The molecule has 3 heterocycles. The number of hydrogen-bond acceptors (Lipinski definition) is 6. The van der Waals surface area contributed by atoms with Crippen LogP contribution in [0.15, 0.2) is 65.5 Å². The molecule has 0 bridgehead atoms. The number of fused-ring (bicyclic) bond motifs is 1. The summed E-state index contributed by atoms with van der Waals surface area (Å²) in [6, 6.07) is 15.5. The summed E-state index contributed by atoms with van der Waals surface area (Å²) in [7, 11) is 3.59. The molecule has 7 nitrogen and oxygen atoms in total. The Labute approximate surface area is 189 Å². The normalized spacial score (nSPS) is 11.1. The van der Waals surface area contributed by atoms with Crippen molar-refractivity contribution in [1.29, 1.82) is 0 Å². The fraction of sp³-hybridized carbons (Fsp3) is 0.125. The van der Waals surface area contributed by atoms with Gasteiger partial charge in [0.15, 0.2) is 12.2 Å². The molecular weight excluding hydrogens is 426 g/mol. The van der Waals surface area contributed by atoms with E-state index in [4.69, 9.17) is 25.7 Å². The molecule has 0 unspecified atom stereocenters. The number of para-hydroxylation sites is 1. The molecule has 0 fully saturated rings. The number of anilines is 2. The second kappa shape index (κ2) is 8.01. The Morgan fingerprint density at radius 3 is 2.62 bits per heavy atom. The molecule has 160 valence electrons. The molecule has 0 spiro atoms. The molecule has 3 aromatic heterocycles. The number of nitrogens with one attached hydrogen (secondary N) is 1. The van der Waals surface area contributed by atoms with Gasteiger partial charge in [-0.25, -0.2) is 15.0 Å². The van der Waals surface area contributed by atoms with Crippen molar-refractivity contribution in [2.45, 2.75) is 6.92 Å². The Hall–Kier alpha value is -3.84. The van der Waals surface area contributed by atoms with E-state index >= 15 is 0 Å². The number of methoxy groups -OCH3 is 1. The van der Waals surface area contributed by atoms with Crippen LogP contribution in [0.3, 0.4) is 0 Å². The number of nitrogens with zero attached hydrogens (tertiary/aromatic N) is 4. The van der Waals surface area contributed by atoms with Crippen molar-refractivity contribution in [1.82, 2.24) is 19.5 Å². The van der Waals surface area contributed by atoms with Gasteiger partial charge < -0.3 is 19.0 Å². The van der Waals surface area contributed by atoms with Gasteiger partial charge in [-0.2, -0.15) is 0 Å². The summed E-state index contributed by atoms with van der Waals surface area (Å²) in [4.78, 5) is 13.6. The zero-order valence-corrected chi connectivity index (χ0v) is 18.5. The van der Waals surface area contributed by atoms with E-state index in [0.717, 1.165) is 45.1 Å². The van der Waals surface area contributed by atoms with Crippen LogP contribution in [0.25, 0.3) is 33.7 Å². The number of rotatable bonds is 5. The first-order valence-corrected chi connectivity index (χ1v) is 10.4. The van der Waals surface area contributed by atoms with Gasteiger partial charge in [-0.1, -0.05) is 17.7 Å². The zero-order valence-electron chi connectivity index (χ0n) is 17.8. The number of pyridine rings is 1. The SMILES string of the molecule is COc1cc(-c2nc3c(Nc4ccc(-c5ocnc5C)cn4)cccc3n2C)ccc1Cl. The van der Waals surface area contributed by atoms with Gasteiger partial charge in [0.2, 0.25) is 0 Å². The highest BCUT2D eigenvalue weighted by Gasteiger charge is 2.15. The van der Waals surface area contributed by atoms with E-state index in [1.54, 1.807) is 13.3 Å². The Morgan fingerprint density at radius 1 is 1.06 bits per heavy atom. The van der Waals surface area contributed by atoms with Crippen molar-refractivity contribution in [2.75, 3.05) is 12.4 Å². The van der Waals surface area contributed by atoms with Crippen LogP contribution in [0.4, 0.5) is 11.5 Å². The Bertz CT molecular complexity index is 1420. The second-order valence-electron chi connectivity index (χ2n) is 7.34. The molecule has 0 radical (unpaired) electrons. The van der Waals surface area contributed by atoms with Crippen LogP contribution in [-0.4, -0.2) is 26.6 Å². The molecule has 0 amide bonds. The Morgan fingerprint density at radius 2 is 1.91 bits per heavy atom. The van der Waals surface area contributed by atoms with Gasteiger partial charge in [0.25, 0.3) is 0 Å². The fourth-order valence-corrected chi connectivity index (χ4v) is 3.89. The number of benzene rings is 2. The van der Waals surface area contributed by atoms with Crippen molar-refractivity contribution in [2.24, 2.45) is 7.05 Å². The maximum atomic E-state index is 6.19. The maximum Gasteiger partial charge on any atom is 0.181 e. The Balaban J connectivity index is 1.50. The third-order valence-corrected chi connectivity index (χ3v) is 5.67. The number of halogens is 1. The first-order valence-electron chi connectivity index (χ1n) is 9.98. The quantitative estimate of drug-likeness (QED) is 0.357. The lowest BCUT2D eigenvalue weighted by Gasteiger charge is -2.07. The van der Waals surface area contributed by atoms with Crippen LogP contribution in [0, 0.1) is 6.92 Å². The van der Waals surface area contributed by atoms with Gasteiger partial charge in [-0.15, -0.1) is 0 Å². The molecule has 5 rings (SSSR count). The number of imidazole rings is 1. The smallest absolute Gasteiger partial charge is 0.181 e. The summed E-state index contributed by atoms with van der Waals surface area (Å²) in [5.74, 6) is 2.85. The van der Waals surface area contributed by atoms with Crippen LogP contribution in [0.1, 0.15) is 5.69 Å². The number of ether oxygens (including phenoxy) is 1. The number of hydrogen-bond donors (Lipinski definition) is 1. The highest BCUT2D eigenvalue weighted by atomic mass is 35.5. The van der Waals surface area contributed by atoms with E-state index in [0.29, 0.717) is 16.6 Å². The topological polar surface area (TPSA) is 78.0 Å². The highest BCUT2D eigenvalue weighted by molar-refractivity contribution is 6.32. The average Bonchev–Trinajstić information content (AvgIpc) is 3.39. The number of aryl methyl sites for hydroxylation is 2. The summed E-state index contributed by atoms with van der Waals surface area (Å²) < 4.78 is 12.9. The van der Waals surface area contributed by atoms with E-state index in [1.165, 1.54) is 6.39 Å². The monoisotopic (exact) mass is 445 g/mol. The lowest BCUT2D eigenvalue weighted by atomic mass is 10.2. The van der Waals surface area contributed by atoms with Crippen molar-refractivity contribution in [3.8, 4) is 28.5 Å². The van der Waals surface area contributed by atoms with Crippen LogP contribution in [-0.2, 0) is 7.05 Å². The van der Waals surface area contributed by atoms with Gasteiger partial charge >= 0.3 is 0 Å². The van der Waals surface area contributed by atoms with Crippen LogP contribution in [0.5, 0.6) is 5.75 Å². The lowest BCUT2D eigenvalue weighted by molar-refractivity contribution is 0.415. The highest BCUT2D eigenvalue weighted by Crippen LogP contribution is 2.34. The number of aromatic nitrogens is 4. The minimum absolute atomic E-state index is 0.562. The molecule has 1 N–H and O–H groups in total. The zero-order chi connectivity index (χ0) is 22.2. The van der Waals surface area contributed by atoms with Gasteiger partial charge in [0.05, 0.1) is 29.0 Å². The summed E-state index contributed by atoms with van der Waals surface area (Å²) >= 11 is 6.19. The molecular formula is C24H20ClN5O2. The lowest BCUT2D eigenvalue weighted by Crippen LogP contribution is -1.95. The van der Waals surface area contributed by atoms with E-state index in [2.05, 4.69) is 15.3 Å². The molecule has 0 atom stereocenters. The fourth-order valence-electron chi connectivity index (χ4n) is 3.69. The molecule has 0 aliphatic rings. The van der Waals surface area contributed by atoms with E-state index in [1.807, 2.05) is 67.1 Å². The summed E-state index contributed by atoms with van der Waals surface area (Å²) in [5, 5.41) is 3.94. The van der Waals surface area contributed by atoms with Gasteiger partial charge in [-0.05, 0) is 49.4 Å². The largest absolute Gasteiger partial charge is 0.495 e. The van der Waals surface area contributed by atoms with Gasteiger partial charge in [-0.3, -0.25) is 0 Å². The van der Waals surface area contributed by atoms with Crippen molar-refractivity contribution in [3.05, 3.63) is 71.8 Å². The maximum absolute atomic E-state index is 6.19. The summed E-state index contributed by atoms with van der Waals surface area (Å²) in [6.07, 6.45) is 3.20. The molecule has 5 aromatic rings. The molecule has 0 aliphatic heterocycles. The third kappa shape index (κ3) is 3.46. The second-order valence-corrected chi connectivity index (χ2v) is 7.75. The van der Waals surface area contributed by atoms with E-state index in [-0.39, 0.29) is 0 Å². The minimum Gasteiger partial charge on any atom is -0.495 e. The van der Waals surface area contributed by atoms with E-state index < -0.39 is 0 Å². The third-order valence-electron chi connectivity index (χ3n) is 5.35. The Kier molecular flexibility index (Phi) is 5.03. The summed E-state index contributed by atoms with van der Waals surface area (Å²) in [6.45, 7) is 1.90. The first-order chi connectivity index (χ1) is 15.5. The van der Waals surface area contributed by atoms with Gasteiger partial charge in [0.1, 0.15) is 22.9 Å². The molecule has 8 heteroatoms. The molecule has 0 aliphatic carbocycles. The molecule has 0 saturated heterocycles. The van der Waals surface area contributed by atoms with Crippen LogP contribution < -0.4 is 10.1 Å². The molecule has 2 aromatic carbocycles. The number of oxazole rings is 1. The molecule has 32 heavy (non-hydrogen) atoms. The average molecular weight is 446 g/mol. The van der Waals surface area contributed by atoms with Crippen molar-refractivity contribution in [3.63, 3.8) is 0 Å². The van der Waals surface area contributed by atoms with E-state index in [9.17, 15) is 0 Å². The molecule has 0 saturated carbocycles. The van der Waals surface area contributed by atoms with Crippen molar-refractivity contribution < 1.29 is 9.15 Å².